The van der Waals surface area contributed by atoms with Gasteiger partial charge in [0.05, 0.1) is 34.3 Å². The molecule has 9 heteroatoms. The second-order valence-corrected chi connectivity index (χ2v) is 9.69. The Kier molecular flexibility index (Phi) is 6.21. The summed E-state index contributed by atoms with van der Waals surface area (Å²) < 4.78 is 12.9. The van der Waals surface area contributed by atoms with E-state index in [1.54, 1.807) is 29.1 Å². The number of para-hydroxylation sites is 1. The third kappa shape index (κ3) is 4.24. The van der Waals surface area contributed by atoms with E-state index in [0.29, 0.717) is 45.0 Å². The third-order valence-corrected chi connectivity index (χ3v) is 7.69. The number of fused-ring (bicyclic) bond motifs is 1. The summed E-state index contributed by atoms with van der Waals surface area (Å²) in [7, 11) is 1.60. The molecule has 0 aliphatic heterocycles. The van der Waals surface area contributed by atoms with Crippen molar-refractivity contribution in [3.05, 3.63) is 81.3 Å². The van der Waals surface area contributed by atoms with Crippen LogP contribution < -0.4 is 10.3 Å². The van der Waals surface area contributed by atoms with Gasteiger partial charge in [-0.25, -0.2) is 4.98 Å². The van der Waals surface area contributed by atoms with Crippen molar-refractivity contribution in [1.29, 1.82) is 0 Å². The van der Waals surface area contributed by atoms with E-state index in [9.17, 15) is 4.79 Å². The molecule has 0 saturated carbocycles. The lowest BCUT2D eigenvalue weighted by Crippen LogP contribution is -2.21. The molecule has 172 valence electrons. The van der Waals surface area contributed by atoms with Crippen molar-refractivity contribution in [2.24, 2.45) is 0 Å². The fourth-order valence-corrected chi connectivity index (χ4v) is 5.59. The molecule has 5 aromatic rings. The molecule has 0 amide bonds. The largest absolute Gasteiger partial charge is 0.497 e. The van der Waals surface area contributed by atoms with Gasteiger partial charge in [-0.1, -0.05) is 36.9 Å². The zero-order chi connectivity index (χ0) is 23.7. The van der Waals surface area contributed by atoms with Gasteiger partial charge in [0.1, 0.15) is 5.75 Å². The molecule has 7 nitrogen and oxygen atoms in total. The average Bonchev–Trinajstić information content (AvgIpc) is 3.49. The van der Waals surface area contributed by atoms with Crippen molar-refractivity contribution >= 4 is 34.0 Å². The SMILES string of the molecule is CCc1sc(-c2nnc(CSc3nc4ccccc4c(=O)n3-c3cccc(OC)c3)o2)cc1C. The number of thioether (sulfide) groups is 1. The fourth-order valence-electron chi connectivity index (χ4n) is 3.70. The van der Waals surface area contributed by atoms with Gasteiger partial charge in [-0.05, 0) is 49.2 Å². The van der Waals surface area contributed by atoms with Gasteiger partial charge in [0.15, 0.2) is 5.16 Å². The lowest BCUT2D eigenvalue weighted by Gasteiger charge is -2.13. The number of aromatic nitrogens is 4. The Morgan fingerprint density at radius 2 is 1.97 bits per heavy atom. The van der Waals surface area contributed by atoms with Crippen molar-refractivity contribution in [3.63, 3.8) is 0 Å². The quantitative estimate of drug-likeness (QED) is 0.215. The number of benzene rings is 2. The van der Waals surface area contributed by atoms with Crippen LogP contribution in [0.5, 0.6) is 5.75 Å². The molecule has 34 heavy (non-hydrogen) atoms. The Balaban J connectivity index is 1.50. The Morgan fingerprint density at radius 1 is 1.12 bits per heavy atom. The molecular formula is C25H22N4O3S2. The maximum Gasteiger partial charge on any atom is 0.266 e. The van der Waals surface area contributed by atoms with E-state index in [0.717, 1.165) is 11.3 Å². The standard InChI is InChI=1S/C25H22N4O3S2/c1-4-20-15(2)12-21(34-20)23-28-27-22(32-23)14-33-25-26-19-11-6-5-10-18(19)24(30)29(25)16-8-7-9-17(13-16)31-3/h5-13H,4,14H2,1-3H3. The van der Waals surface area contributed by atoms with Gasteiger partial charge >= 0.3 is 0 Å². The zero-order valence-electron chi connectivity index (χ0n) is 18.9. The number of aryl methyl sites for hydroxylation is 2. The number of hydrogen-bond donors (Lipinski definition) is 0. The van der Waals surface area contributed by atoms with Gasteiger partial charge in [-0.3, -0.25) is 9.36 Å². The molecule has 3 heterocycles. The summed E-state index contributed by atoms with van der Waals surface area (Å²) in [6.45, 7) is 4.23. The summed E-state index contributed by atoms with van der Waals surface area (Å²) in [6.07, 6.45) is 0.975. The van der Waals surface area contributed by atoms with Crippen LogP contribution in [-0.2, 0) is 12.2 Å². The molecule has 0 spiro atoms. The first-order valence-corrected chi connectivity index (χ1v) is 12.6. The van der Waals surface area contributed by atoms with Gasteiger partial charge < -0.3 is 9.15 Å². The molecule has 0 unspecified atom stereocenters. The Labute approximate surface area is 204 Å². The first kappa shape index (κ1) is 22.4. The molecule has 0 bridgehead atoms. The van der Waals surface area contributed by atoms with E-state index in [1.165, 1.54) is 22.2 Å². The van der Waals surface area contributed by atoms with Crippen molar-refractivity contribution in [2.75, 3.05) is 7.11 Å². The van der Waals surface area contributed by atoms with Gasteiger partial charge in [0.2, 0.25) is 5.89 Å². The number of methoxy groups -OCH3 is 1. The van der Waals surface area contributed by atoms with E-state index in [1.807, 2.05) is 42.5 Å². The fraction of sp³-hybridized carbons (Fsp3) is 0.200. The number of hydrogen-bond acceptors (Lipinski definition) is 8. The van der Waals surface area contributed by atoms with Crippen molar-refractivity contribution in [1.82, 2.24) is 19.7 Å². The minimum Gasteiger partial charge on any atom is -0.497 e. The van der Waals surface area contributed by atoms with Crippen LogP contribution in [0, 0.1) is 6.92 Å². The molecule has 0 N–H and O–H groups in total. The molecule has 0 fully saturated rings. The highest BCUT2D eigenvalue weighted by Gasteiger charge is 2.17. The van der Waals surface area contributed by atoms with Crippen molar-refractivity contribution in [2.45, 2.75) is 31.2 Å². The minimum absolute atomic E-state index is 0.145. The van der Waals surface area contributed by atoms with Gasteiger partial charge in [0, 0.05) is 10.9 Å². The summed E-state index contributed by atoms with van der Waals surface area (Å²) in [6, 6.07) is 16.8. The Hall–Kier alpha value is -3.43. The van der Waals surface area contributed by atoms with Crippen LogP contribution in [0.4, 0.5) is 0 Å². The lowest BCUT2D eigenvalue weighted by molar-refractivity contribution is 0.414. The zero-order valence-corrected chi connectivity index (χ0v) is 20.6. The number of thiophene rings is 1. The van der Waals surface area contributed by atoms with Gasteiger partial charge in [0.25, 0.3) is 11.4 Å². The first-order valence-electron chi connectivity index (χ1n) is 10.8. The van der Waals surface area contributed by atoms with Crippen LogP contribution in [0.1, 0.15) is 23.3 Å². The van der Waals surface area contributed by atoms with Crippen LogP contribution in [0.3, 0.4) is 0 Å². The normalized spacial score (nSPS) is 11.3. The molecule has 0 radical (unpaired) electrons. The summed E-state index contributed by atoms with van der Waals surface area (Å²) in [5.74, 6) is 2.03. The second kappa shape index (κ2) is 9.44. The molecule has 0 saturated heterocycles. The van der Waals surface area contributed by atoms with Crippen molar-refractivity contribution < 1.29 is 9.15 Å². The average molecular weight is 491 g/mol. The number of ether oxygens (including phenoxy) is 1. The molecule has 0 aliphatic carbocycles. The molecule has 0 atom stereocenters. The van der Waals surface area contributed by atoms with E-state index in [-0.39, 0.29) is 5.56 Å². The van der Waals surface area contributed by atoms with E-state index < -0.39 is 0 Å². The highest BCUT2D eigenvalue weighted by molar-refractivity contribution is 7.98. The molecule has 5 rings (SSSR count). The van der Waals surface area contributed by atoms with Crippen LogP contribution in [-0.4, -0.2) is 26.9 Å². The highest BCUT2D eigenvalue weighted by Crippen LogP contribution is 2.32. The van der Waals surface area contributed by atoms with E-state index >= 15 is 0 Å². The predicted molar refractivity (Wildman–Crippen MR) is 135 cm³/mol. The molecule has 2 aromatic carbocycles. The smallest absolute Gasteiger partial charge is 0.266 e. The summed E-state index contributed by atoms with van der Waals surface area (Å²) in [5, 5.41) is 9.54. The molecule has 3 aromatic heterocycles. The first-order chi connectivity index (χ1) is 16.6. The van der Waals surface area contributed by atoms with Gasteiger partial charge in [-0.2, -0.15) is 0 Å². The van der Waals surface area contributed by atoms with Crippen molar-refractivity contribution in [3.8, 4) is 22.2 Å². The summed E-state index contributed by atoms with van der Waals surface area (Å²) in [5.41, 5.74) is 2.41. The van der Waals surface area contributed by atoms with E-state index in [2.05, 4.69) is 30.1 Å². The molecule has 0 aliphatic rings. The minimum atomic E-state index is -0.145. The Morgan fingerprint density at radius 3 is 2.76 bits per heavy atom. The lowest BCUT2D eigenvalue weighted by atomic mass is 10.2. The van der Waals surface area contributed by atoms with Crippen LogP contribution in [0.15, 0.2) is 69.0 Å². The topological polar surface area (TPSA) is 83.0 Å². The van der Waals surface area contributed by atoms with Gasteiger partial charge in [-0.15, -0.1) is 21.5 Å². The maximum atomic E-state index is 13.4. The van der Waals surface area contributed by atoms with Crippen LogP contribution in [0.25, 0.3) is 27.4 Å². The number of nitrogens with zero attached hydrogens (tertiary/aromatic N) is 4. The van der Waals surface area contributed by atoms with Crippen LogP contribution >= 0.6 is 23.1 Å². The monoisotopic (exact) mass is 490 g/mol. The summed E-state index contributed by atoms with van der Waals surface area (Å²) >= 11 is 3.05. The number of rotatable bonds is 7. The maximum absolute atomic E-state index is 13.4. The third-order valence-electron chi connectivity index (χ3n) is 5.40. The molecular weight excluding hydrogens is 468 g/mol. The van der Waals surface area contributed by atoms with E-state index in [4.69, 9.17) is 14.1 Å². The summed E-state index contributed by atoms with van der Waals surface area (Å²) in [4.78, 5) is 20.5. The highest BCUT2D eigenvalue weighted by atomic mass is 32.2. The second-order valence-electron chi connectivity index (χ2n) is 7.61. The van der Waals surface area contributed by atoms with Crippen LogP contribution in [0.2, 0.25) is 0 Å². The predicted octanol–water partition coefficient (Wildman–Crippen LogP) is 5.67. The Bertz CT molecular complexity index is 1540.